The van der Waals surface area contributed by atoms with Crippen LogP contribution in [0.15, 0.2) is 80.0 Å². The van der Waals surface area contributed by atoms with Crippen LogP contribution >= 0.6 is 0 Å². The fourth-order valence-electron chi connectivity index (χ4n) is 8.49. The Morgan fingerprint density at radius 3 is 1.17 bits per heavy atom. The second kappa shape index (κ2) is 24.4. The average Bonchev–Trinajstić information content (AvgIpc) is 4.41. The highest BCUT2D eigenvalue weighted by atomic mass is 16.4. The van der Waals surface area contributed by atoms with E-state index in [0.717, 1.165) is 0 Å². The lowest BCUT2D eigenvalue weighted by atomic mass is 10.3. The quantitative estimate of drug-likeness (QED) is 0.0433. The number of carbonyl (C=O) groups is 10. The van der Waals surface area contributed by atoms with E-state index >= 15 is 0 Å². The van der Waals surface area contributed by atoms with Crippen LogP contribution in [0.1, 0.15) is 104 Å². The second-order valence-corrected chi connectivity index (χ2v) is 19.0. The number of nitrogens with zero attached hydrogens (tertiary/aromatic N) is 12. The third-order valence-electron chi connectivity index (χ3n) is 12.5. The van der Waals surface area contributed by atoms with Crippen molar-refractivity contribution in [3.8, 4) is 0 Å². The number of aromatic carboxylic acids is 1. The van der Waals surface area contributed by atoms with Gasteiger partial charge in [0.1, 0.15) is 22.8 Å². The van der Waals surface area contributed by atoms with E-state index < -0.39 is 59.1 Å². The standard InChI is InChI=1S/C51H57N21O11/c1-65-15-14-52-40(65)48(79)56-30-19-33(68(4)23-30)46(77)55-27-18-34(69(5)20-27)47(78)64-37-26-71(7)42(62-37)50(81)58-28-16-31(66(2)21-28)44(75)53-12-9-10-38(73)59-35-24-70(6)41(61-35)49(80)57-29-17-32(67(3)22-29)45(76)54-13-11-39(74)60-36-25-72(8)43(63-36)51(82)83/h14-26H,9-13H2,1-8H3,(H,53,75)(H,54,76)(H,55,77)(H,56,79)(H,57,80)(H,58,81)(H,59,73)(H,60,74)(H,64,78)(H,82,83). The Labute approximate surface area is 470 Å². The first kappa shape index (κ1) is 57.8. The van der Waals surface area contributed by atoms with E-state index in [1.165, 1.54) is 100 Å². The fraction of sp³-hybridized carbons (Fsp3) is 0.255. The number of carboxylic acid groups (broad SMARTS) is 1. The molecule has 0 spiro atoms. The number of rotatable bonds is 22. The molecular weight excluding hydrogens is 1080 g/mol. The van der Waals surface area contributed by atoms with Crippen LogP contribution in [0, 0.1) is 0 Å². The average molecular weight is 1140 g/mol. The largest absolute Gasteiger partial charge is 0.475 e. The van der Waals surface area contributed by atoms with Crippen LogP contribution in [-0.4, -0.2) is 134 Å². The first-order valence-electron chi connectivity index (χ1n) is 25.1. The molecule has 0 aromatic carbocycles. The van der Waals surface area contributed by atoms with Crippen LogP contribution in [0.25, 0.3) is 0 Å². The second-order valence-electron chi connectivity index (χ2n) is 19.0. The highest BCUT2D eigenvalue weighted by Gasteiger charge is 2.24. The van der Waals surface area contributed by atoms with Gasteiger partial charge >= 0.3 is 5.97 Å². The molecule has 0 aliphatic carbocycles. The van der Waals surface area contributed by atoms with Gasteiger partial charge in [0, 0.05) is 138 Å². The van der Waals surface area contributed by atoms with Gasteiger partial charge in [-0.3, -0.25) is 43.2 Å². The summed E-state index contributed by atoms with van der Waals surface area (Å²) in [5, 5.41) is 33.1. The van der Waals surface area contributed by atoms with Gasteiger partial charge in [-0.1, -0.05) is 0 Å². The van der Waals surface area contributed by atoms with Gasteiger partial charge < -0.3 is 89.5 Å². The Morgan fingerprint density at radius 2 is 0.747 bits per heavy atom. The maximum absolute atomic E-state index is 13.4. The molecule has 8 aromatic rings. The topological polar surface area (TPSA) is 390 Å². The summed E-state index contributed by atoms with van der Waals surface area (Å²) in [7, 11) is 12.7. The zero-order valence-electron chi connectivity index (χ0n) is 45.9. The molecule has 83 heavy (non-hydrogen) atoms. The third-order valence-corrected chi connectivity index (χ3v) is 12.5. The molecule has 0 aliphatic rings. The number of carbonyl (C=O) groups excluding carboxylic acids is 9. The van der Waals surface area contributed by atoms with Crippen molar-refractivity contribution in [1.82, 2.24) is 67.1 Å². The number of hydrogen-bond donors (Lipinski definition) is 10. The summed E-state index contributed by atoms with van der Waals surface area (Å²) in [6.07, 6.45) is 13.6. The van der Waals surface area contributed by atoms with Crippen LogP contribution < -0.4 is 47.9 Å². The molecule has 8 rings (SSSR count). The summed E-state index contributed by atoms with van der Waals surface area (Å²) in [5.41, 5.74) is 1.98. The summed E-state index contributed by atoms with van der Waals surface area (Å²) in [5.74, 6) is -6.01. The Balaban J connectivity index is 0.748. The van der Waals surface area contributed by atoms with Crippen molar-refractivity contribution in [2.24, 2.45) is 56.4 Å². The lowest BCUT2D eigenvalue weighted by Crippen LogP contribution is -2.29. The van der Waals surface area contributed by atoms with Gasteiger partial charge in [0.25, 0.3) is 41.4 Å². The smallest absolute Gasteiger partial charge is 0.372 e. The molecule has 0 saturated carbocycles. The normalized spacial score (nSPS) is 10.9. The van der Waals surface area contributed by atoms with Gasteiger partial charge in [0.2, 0.25) is 29.3 Å². The van der Waals surface area contributed by atoms with Crippen molar-refractivity contribution in [3.63, 3.8) is 0 Å². The highest BCUT2D eigenvalue weighted by molar-refractivity contribution is 6.09. The van der Waals surface area contributed by atoms with Crippen LogP contribution in [0.4, 0.5) is 40.2 Å². The Hall–Kier alpha value is -11.3. The highest BCUT2D eigenvalue weighted by Crippen LogP contribution is 2.21. The summed E-state index contributed by atoms with van der Waals surface area (Å²) < 4.78 is 11.6. The van der Waals surface area contributed by atoms with Crippen molar-refractivity contribution in [2.75, 3.05) is 50.3 Å². The van der Waals surface area contributed by atoms with Crippen molar-refractivity contribution in [1.29, 1.82) is 0 Å². The molecule has 8 aromatic heterocycles. The Morgan fingerprint density at radius 1 is 0.386 bits per heavy atom. The van der Waals surface area contributed by atoms with Crippen LogP contribution in [0.3, 0.4) is 0 Å². The predicted molar refractivity (Wildman–Crippen MR) is 297 cm³/mol. The minimum Gasteiger partial charge on any atom is -0.475 e. The first-order valence-corrected chi connectivity index (χ1v) is 25.1. The third kappa shape index (κ3) is 13.7. The number of imidazole rings is 4. The number of amides is 9. The van der Waals surface area contributed by atoms with Crippen molar-refractivity contribution >= 4 is 99.3 Å². The minimum atomic E-state index is -1.26. The number of aryl methyl sites for hydroxylation is 8. The molecule has 432 valence electrons. The number of hydrogen-bond acceptors (Lipinski definition) is 14. The lowest BCUT2D eigenvalue weighted by Gasteiger charge is -2.06. The minimum absolute atomic E-state index is 0.0189. The molecule has 0 bridgehead atoms. The van der Waals surface area contributed by atoms with Crippen molar-refractivity contribution in [2.45, 2.75) is 19.3 Å². The van der Waals surface area contributed by atoms with Gasteiger partial charge in [0.15, 0.2) is 23.3 Å². The molecule has 32 nitrogen and oxygen atoms in total. The van der Waals surface area contributed by atoms with Crippen LogP contribution in [0.2, 0.25) is 0 Å². The molecular formula is C51H57N21O11. The van der Waals surface area contributed by atoms with E-state index in [2.05, 4.69) is 67.8 Å². The zero-order valence-corrected chi connectivity index (χ0v) is 45.9. The van der Waals surface area contributed by atoms with Crippen molar-refractivity contribution in [3.05, 3.63) is 126 Å². The zero-order chi connectivity index (χ0) is 60.0. The first-order chi connectivity index (χ1) is 39.4. The van der Waals surface area contributed by atoms with Crippen molar-refractivity contribution < 1.29 is 53.1 Å². The van der Waals surface area contributed by atoms with E-state index in [1.807, 2.05) is 0 Å². The van der Waals surface area contributed by atoms with Gasteiger partial charge in [-0.2, -0.15) is 0 Å². The maximum atomic E-state index is 13.4. The molecule has 0 saturated heterocycles. The summed E-state index contributed by atoms with van der Waals surface area (Å²) in [6.45, 7) is 0.0512. The van der Waals surface area contributed by atoms with Gasteiger partial charge in [-0.25, -0.2) is 24.7 Å². The lowest BCUT2D eigenvalue weighted by molar-refractivity contribution is -0.117. The van der Waals surface area contributed by atoms with E-state index in [0.29, 0.717) is 11.4 Å². The summed E-state index contributed by atoms with van der Waals surface area (Å²) in [6, 6.07) is 5.85. The maximum Gasteiger partial charge on any atom is 0.372 e. The summed E-state index contributed by atoms with van der Waals surface area (Å²) >= 11 is 0. The van der Waals surface area contributed by atoms with Gasteiger partial charge in [0.05, 0.1) is 22.7 Å². The molecule has 0 aliphatic heterocycles. The molecule has 0 atom stereocenters. The SMILES string of the molecule is Cn1cc(NC(=O)c2nc(NC(=O)c3cc(NC(=O)c4cc(NC(=O)c5nccn5C)cn4C)cn3C)cn2C)cc1C(=O)NCCCC(=O)Nc1cn(C)c(C(=O)Nc2cc(C(=O)NCCC(=O)Nc3cn(C)c(C(=O)O)n3)n(C)c2)n1. The molecule has 0 unspecified atom stereocenters. The number of nitrogens with one attached hydrogen (secondary N) is 9. The molecule has 0 radical (unpaired) electrons. The molecule has 32 heteroatoms. The van der Waals surface area contributed by atoms with E-state index in [-0.39, 0.29) is 107 Å². The van der Waals surface area contributed by atoms with Crippen LogP contribution in [0.5, 0.6) is 0 Å². The Kier molecular flexibility index (Phi) is 17.0. The Bertz CT molecular complexity index is 3890. The van der Waals surface area contributed by atoms with E-state index in [4.69, 9.17) is 5.11 Å². The van der Waals surface area contributed by atoms with E-state index in [9.17, 15) is 47.9 Å². The monoisotopic (exact) mass is 1140 g/mol. The van der Waals surface area contributed by atoms with Crippen LogP contribution in [-0.2, 0) is 66.0 Å². The van der Waals surface area contributed by atoms with Gasteiger partial charge in [-0.05, 0) is 30.7 Å². The van der Waals surface area contributed by atoms with E-state index in [1.54, 1.807) is 72.5 Å². The number of carboxylic acids is 1. The molecule has 9 amide bonds. The number of anilines is 7. The molecule has 8 heterocycles. The molecule has 0 fully saturated rings. The fourth-order valence-corrected chi connectivity index (χ4v) is 8.49. The number of aromatic nitrogens is 12. The molecule has 10 N–H and O–H groups in total. The van der Waals surface area contributed by atoms with Gasteiger partial charge in [-0.15, -0.1) is 0 Å². The predicted octanol–water partition coefficient (Wildman–Crippen LogP) is 1.84. The summed E-state index contributed by atoms with van der Waals surface area (Å²) in [4.78, 5) is 145.